The third-order valence-corrected chi connectivity index (χ3v) is 7.04. The summed E-state index contributed by atoms with van der Waals surface area (Å²) in [4.78, 5) is 2.34. The summed E-state index contributed by atoms with van der Waals surface area (Å²) in [6.45, 7) is 4.38. The lowest BCUT2D eigenvalue weighted by Gasteiger charge is -2.40. The number of para-hydroxylation sites is 2. The number of benzene rings is 4. The Bertz CT molecular complexity index is 1420. The van der Waals surface area contributed by atoms with E-state index in [9.17, 15) is 0 Å². The zero-order valence-corrected chi connectivity index (χ0v) is 19.5. The summed E-state index contributed by atoms with van der Waals surface area (Å²) in [6.07, 6.45) is 0. The Balaban J connectivity index is 1.72. The molecule has 0 saturated heterocycles. The molecule has 0 fully saturated rings. The molecule has 0 N–H and O–H groups in total. The Kier molecular flexibility index (Phi) is 4.91. The Hall–Kier alpha value is -3.99. The molecule has 4 aromatic carbocycles. The van der Waals surface area contributed by atoms with Crippen molar-refractivity contribution in [2.75, 3.05) is 18.0 Å². The molecule has 0 atom stereocenters. The molecule has 5 heteroatoms. The quantitative estimate of drug-likeness (QED) is 0.366. The van der Waals surface area contributed by atoms with E-state index in [0.717, 1.165) is 58.0 Å². The first-order chi connectivity index (χ1) is 16.8. The molecule has 0 amide bonds. The van der Waals surface area contributed by atoms with Gasteiger partial charge in [0.25, 0.3) is 0 Å². The minimum atomic E-state index is -1.85. The molecule has 1 aromatic heterocycles. The summed E-state index contributed by atoms with van der Waals surface area (Å²) < 4.78 is 16.0. The SMILES string of the molecule is CCN(CC)c1ccc2c(c1)O[B-](c1ccccc1)(c1ccccc1)[n+]1c-2oc2ccccc21. The van der Waals surface area contributed by atoms with Crippen LogP contribution < -0.4 is 25.0 Å². The van der Waals surface area contributed by atoms with Gasteiger partial charge in [0.2, 0.25) is 5.52 Å². The zero-order valence-electron chi connectivity index (χ0n) is 19.5. The van der Waals surface area contributed by atoms with Crippen molar-refractivity contribution in [2.24, 2.45) is 0 Å². The second-order valence-corrected chi connectivity index (χ2v) is 8.78. The lowest BCUT2D eigenvalue weighted by molar-refractivity contribution is -0.518. The fraction of sp³-hybridized carbons (Fsp3) is 0.138. The number of aromatic nitrogens is 1. The van der Waals surface area contributed by atoms with Crippen LogP contribution in [0.4, 0.5) is 5.69 Å². The van der Waals surface area contributed by atoms with Crippen LogP contribution in [0.3, 0.4) is 0 Å². The molecule has 0 bridgehead atoms. The third-order valence-electron chi connectivity index (χ3n) is 7.04. The lowest BCUT2D eigenvalue weighted by Crippen LogP contribution is -2.83. The second kappa shape index (κ2) is 8.10. The van der Waals surface area contributed by atoms with Gasteiger partial charge in [-0.05, 0) is 32.0 Å². The number of anilines is 1. The van der Waals surface area contributed by atoms with Gasteiger partial charge in [-0.2, -0.15) is 0 Å². The summed E-state index contributed by atoms with van der Waals surface area (Å²) in [5.41, 5.74) is 6.19. The standard InChI is InChI=1S/C29H27BN2O2/c1-3-31(4-2)24-19-20-25-28(21-24)34-30(22-13-7-5-8-14-22,23-15-9-6-10-16-23)32-26-17-11-12-18-27(26)33-29(25)32/h5-21H,3-4H2,1-2H3. The molecule has 6 rings (SSSR count). The highest BCUT2D eigenvalue weighted by Gasteiger charge is 2.52. The predicted octanol–water partition coefficient (Wildman–Crippen LogP) is 4.73. The van der Waals surface area contributed by atoms with Crippen molar-refractivity contribution < 1.29 is 13.5 Å². The predicted molar refractivity (Wildman–Crippen MR) is 139 cm³/mol. The maximum atomic E-state index is 7.20. The second-order valence-electron chi connectivity index (χ2n) is 8.78. The lowest BCUT2D eigenvalue weighted by atomic mass is 9.40. The van der Waals surface area contributed by atoms with E-state index in [2.05, 4.69) is 102 Å². The summed E-state index contributed by atoms with van der Waals surface area (Å²) in [5, 5.41) is 0. The molecule has 1 aliphatic rings. The molecule has 4 nitrogen and oxygen atoms in total. The van der Waals surface area contributed by atoms with Gasteiger partial charge in [-0.1, -0.05) is 83.7 Å². The van der Waals surface area contributed by atoms with E-state index < -0.39 is 6.48 Å². The van der Waals surface area contributed by atoms with Gasteiger partial charge in [-0.15, -0.1) is 0 Å². The van der Waals surface area contributed by atoms with E-state index in [1.807, 2.05) is 24.3 Å². The van der Waals surface area contributed by atoms with Gasteiger partial charge >= 0.3 is 12.4 Å². The monoisotopic (exact) mass is 446 g/mol. The van der Waals surface area contributed by atoms with Gasteiger partial charge in [0.15, 0.2) is 5.58 Å². The van der Waals surface area contributed by atoms with Crippen LogP contribution >= 0.6 is 0 Å². The van der Waals surface area contributed by atoms with Crippen molar-refractivity contribution in [3.63, 3.8) is 0 Å². The van der Waals surface area contributed by atoms with Gasteiger partial charge in [0.1, 0.15) is 5.56 Å². The van der Waals surface area contributed by atoms with Crippen LogP contribution in [0, 0.1) is 0 Å². The molecule has 5 aromatic rings. The smallest absolute Gasteiger partial charge is 0.516 e. The molecule has 0 unspecified atom stereocenters. The molecule has 0 spiro atoms. The Labute approximate surface area is 200 Å². The van der Waals surface area contributed by atoms with Gasteiger partial charge in [-0.3, -0.25) is 0 Å². The van der Waals surface area contributed by atoms with Gasteiger partial charge in [0, 0.05) is 30.9 Å². The normalized spacial score (nSPS) is 13.7. The highest BCUT2D eigenvalue weighted by atomic mass is 16.5. The van der Waals surface area contributed by atoms with Crippen LogP contribution in [0.1, 0.15) is 13.8 Å². The summed E-state index contributed by atoms with van der Waals surface area (Å²) >= 11 is 0. The summed E-state index contributed by atoms with van der Waals surface area (Å²) in [5.74, 6) is 1.66. The van der Waals surface area contributed by atoms with Crippen molar-refractivity contribution >= 4 is 34.2 Å². The van der Waals surface area contributed by atoms with Gasteiger partial charge in [-0.25, -0.2) is 0 Å². The van der Waals surface area contributed by atoms with E-state index in [1.165, 1.54) is 0 Å². The first-order valence-corrected chi connectivity index (χ1v) is 12.0. The molecular formula is C29H27BN2O2. The van der Waals surface area contributed by atoms with E-state index in [1.54, 1.807) is 0 Å². The molecular weight excluding hydrogens is 419 g/mol. The Morgan fingerprint density at radius 3 is 2.00 bits per heavy atom. The van der Waals surface area contributed by atoms with Gasteiger partial charge in [0.05, 0.1) is 5.75 Å². The van der Waals surface area contributed by atoms with Crippen LogP contribution in [0.5, 0.6) is 5.75 Å². The third kappa shape index (κ3) is 2.97. The first-order valence-electron chi connectivity index (χ1n) is 12.0. The maximum Gasteiger partial charge on any atom is 0.516 e. The number of hydrogen-bond donors (Lipinski definition) is 0. The molecule has 1 aliphatic heterocycles. The first kappa shape index (κ1) is 20.6. The molecule has 0 radical (unpaired) electrons. The topological polar surface area (TPSA) is 29.5 Å². The fourth-order valence-electron chi connectivity index (χ4n) is 5.41. The fourth-order valence-corrected chi connectivity index (χ4v) is 5.41. The van der Waals surface area contributed by atoms with Crippen LogP contribution in [-0.4, -0.2) is 19.6 Å². The maximum absolute atomic E-state index is 7.20. The molecule has 2 heterocycles. The molecule has 0 aliphatic carbocycles. The van der Waals surface area contributed by atoms with Crippen LogP contribution in [0.2, 0.25) is 0 Å². The summed E-state index contributed by atoms with van der Waals surface area (Å²) in [7, 11) is 0. The van der Waals surface area contributed by atoms with Crippen molar-refractivity contribution in [3.05, 3.63) is 103 Å². The zero-order chi connectivity index (χ0) is 23.1. The molecule has 0 saturated carbocycles. The average molecular weight is 446 g/mol. The van der Waals surface area contributed by atoms with Crippen LogP contribution in [-0.2, 0) is 0 Å². The van der Waals surface area contributed by atoms with Crippen molar-refractivity contribution in [1.82, 2.24) is 0 Å². The Morgan fingerprint density at radius 1 is 0.735 bits per heavy atom. The molecule has 168 valence electrons. The van der Waals surface area contributed by atoms with E-state index in [4.69, 9.17) is 9.07 Å². The number of rotatable bonds is 5. The van der Waals surface area contributed by atoms with Crippen LogP contribution in [0.15, 0.2) is 108 Å². The summed E-state index contributed by atoms with van der Waals surface area (Å²) in [6, 6.07) is 35.7. The van der Waals surface area contributed by atoms with Crippen molar-refractivity contribution in [2.45, 2.75) is 13.8 Å². The van der Waals surface area contributed by atoms with E-state index in [-0.39, 0.29) is 0 Å². The molecule has 34 heavy (non-hydrogen) atoms. The number of nitrogens with zero attached hydrogens (tertiary/aromatic N) is 2. The Morgan fingerprint density at radius 2 is 1.35 bits per heavy atom. The number of hydrogen-bond acceptors (Lipinski definition) is 3. The number of oxazole rings is 1. The largest absolute Gasteiger partial charge is 0.650 e. The highest BCUT2D eigenvalue weighted by molar-refractivity contribution is 6.91. The van der Waals surface area contributed by atoms with Crippen molar-refractivity contribution in [1.29, 1.82) is 0 Å². The van der Waals surface area contributed by atoms with Gasteiger partial charge < -0.3 is 18.4 Å². The van der Waals surface area contributed by atoms with E-state index >= 15 is 0 Å². The minimum Gasteiger partial charge on any atom is -0.650 e. The van der Waals surface area contributed by atoms with Crippen molar-refractivity contribution in [3.8, 4) is 17.2 Å². The van der Waals surface area contributed by atoms with E-state index in [0.29, 0.717) is 0 Å². The number of fused-ring (bicyclic) bond motifs is 5. The average Bonchev–Trinajstić information content (AvgIpc) is 3.30. The minimum absolute atomic E-state index is 0.821. The highest BCUT2D eigenvalue weighted by Crippen LogP contribution is 2.39. The van der Waals surface area contributed by atoms with Crippen LogP contribution in [0.25, 0.3) is 22.6 Å².